The van der Waals surface area contributed by atoms with E-state index in [4.69, 9.17) is 19.9 Å². The topological polar surface area (TPSA) is 77.3 Å². The number of aromatic nitrogens is 6. The Morgan fingerprint density at radius 2 is 0.568 bits per heavy atom. The molecule has 13 aromatic rings. The normalized spacial score (nSPS) is 11.2. The standard InChI is InChI=1S/C82H64N6/c1-45-35-47(3)73(48(4)36-45)75-65(27-31-71-55(11)51(7)69(52(8)56(71)12)29-19-59-39-63-23-21-61-17-15-33-83-77(61)79(63)85-43-59)41-67-25-26-68-42-66(76(88-82(68)81(67)87-75)74-49(5)37-46(2)38-50(74)6)28-32-72-57(13)53(9)70(54(10)58(72)14)30-20-60-40-64-24-22-62-18-16-34-84-78(62)80(64)86-44-60/h15-18,21-26,33-44H,1-14H3. The van der Waals surface area contributed by atoms with Gasteiger partial charge in [0.15, 0.2) is 0 Å². The number of benzene rings is 7. The predicted octanol–water partition coefficient (Wildman–Crippen LogP) is 18.2. The van der Waals surface area contributed by atoms with E-state index in [0.717, 1.165) is 199 Å². The maximum atomic E-state index is 5.70. The van der Waals surface area contributed by atoms with Gasteiger partial charge in [0.2, 0.25) is 0 Å². The van der Waals surface area contributed by atoms with Gasteiger partial charge in [0.05, 0.1) is 55.6 Å². The summed E-state index contributed by atoms with van der Waals surface area (Å²) in [4.78, 5) is 30.3. The van der Waals surface area contributed by atoms with Crippen LogP contribution in [-0.2, 0) is 0 Å². The summed E-state index contributed by atoms with van der Waals surface area (Å²) in [7, 11) is 0. The van der Waals surface area contributed by atoms with Crippen LogP contribution in [0.5, 0.6) is 0 Å². The molecule has 0 aliphatic heterocycles. The van der Waals surface area contributed by atoms with Gasteiger partial charge in [-0.15, -0.1) is 0 Å². The maximum absolute atomic E-state index is 5.70. The Labute approximate surface area is 515 Å². The second-order valence-electron chi connectivity index (χ2n) is 23.9. The third kappa shape index (κ3) is 9.94. The molecule has 0 saturated carbocycles. The second-order valence-corrected chi connectivity index (χ2v) is 23.9. The van der Waals surface area contributed by atoms with Crippen LogP contribution in [0.25, 0.3) is 87.9 Å². The van der Waals surface area contributed by atoms with E-state index in [1.54, 1.807) is 0 Å². The van der Waals surface area contributed by atoms with Crippen molar-refractivity contribution in [2.75, 3.05) is 0 Å². The summed E-state index contributed by atoms with van der Waals surface area (Å²) < 4.78 is 0. The highest BCUT2D eigenvalue weighted by atomic mass is 14.8. The zero-order chi connectivity index (χ0) is 61.4. The average molecular weight is 1130 g/mol. The molecule has 0 spiro atoms. The number of nitrogens with zero attached hydrogens (tertiary/aromatic N) is 6. The molecule has 0 saturated heterocycles. The number of hydrogen-bond acceptors (Lipinski definition) is 6. The van der Waals surface area contributed by atoms with E-state index in [2.05, 4.69) is 251 Å². The zero-order valence-electron chi connectivity index (χ0n) is 52.4. The molecule has 88 heavy (non-hydrogen) atoms. The van der Waals surface area contributed by atoms with Gasteiger partial charge in [-0.25, -0.2) is 9.97 Å². The lowest BCUT2D eigenvalue weighted by Gasteiger charge is -2.17. The van der Waals surface area contributed by atoms with Crippen molar-refractivity contribution in [1.29, 1.82) is 0 Å². The minimum Gasteiger partial charge on any atom is -0.254 e. The van der Waals surface area contributed by atoms with Gasteiger partial charge < -0.3 is 0 Å². The molecule has 6 nitrogen and oxygen atoms in total. The Hall–Kier alpha value is -10.8. The molecule has 0 N–H and O–H groups in total. The van der Waals surface area contributed by atoms with Gasteiger partial charge in [-0.1, -0.05) is 131 Å². The predicted molar refractivity (Wildman–Crippen MR) is 365 cm³/mol. The van der Waals surface area contributed by atoms with Gasteiger partial charge in [0, 0.05) is 102 Å². The maximum Gasteiger partial charge on any atom is 0.0973 e. The van der Waals surface area contributed by atoms with Crippen LogP contribution in [0.1, 0.15) is 122 Å². The Morgan fingerprint density at radius 3 is 0.909 bits per heavy atom. The minimum atomic E-state index is 0.814. The van der Waals surface area contributed by atoms with Crippen molar-refractivity contribution >= 4 is 65.4 Å². The summed E-state index contributed by atoms with van der Waals surface area (Å²) in [5.74, 6) is 28.8. The molecule has 6 heteroatoms. The molecule has 13 rings (SSSR count). The van der Waals surface area contributed by atoms with Gasteiger partial charge >= 0.3 is 0 Å². The number of pyridine rings is 6. The number of rotatable bonds is 2. The number of hydrogen-bond donors (Lipinski definition) is 0. The molecule has 422 valence electrons. The van der Waals surface area contributed by atoms with Gasteiger partial charge in [-0.3, -0.25) is 19.9 Å². The summed E-state index contributed by atoms with van der Waals surface area (Å²) in [6.45, 7) is 30.3. The van der Waals surface area contributed by atoms with Gasteiger partial charge in [0.1, 0.15) is 0 Å². The smallest absolute Gasteiger partial charge is 0.0973 e. The summed E-state index contributed by atoms with van der Waals surface area (Å²) in [6.07, 6.45) is 7.33. The Balaban J connectivity index is 0.914. The van der Waals surface area contributed by atoms with E-state index in [9.17, 15) is 0 Å². The van der Waals surface area contributed by atoms with Crippen molar-refractivity contribution in [3.63, 3.8) is 0 Å². The van der Waals surface area contributed by atoms with Crippen LogP contribution in [0.2, 0.25) is 0 Å². The first-order chi connectivity index (χ1) is 42.4. The van der Waals surface area contributed by atoms with Crippen LogP contribution in [0, 0.1) is 144 Å². The lowest BCUT2D eigenvalue weighted by Crippen LogP contribution is -2.02. The Bertz CT molecular complexity index is 5070. The fourth-order valence-corrected chi connectivity index (χ4v) is 13.1. The first-order valence-electron chi connectivity index (χ1n) is 29.9. The van der Waals surface area contributed by atoms with Crippen LogP contribution >= 0.6 is 0 Å². The largest absolute Gasteiger partial charge is 0.254 e. The minimum absolute atomic E-state index is 0.814. The molecular formula is C82H64N6. The van der Waals surface area contributed by atoms with E-state index in [-0.39, 0.29) is 0 Å². The molecule has 6 aromatic heterocycles. The van der Waals surface area contributed by atoms with Gasteiger partial charge in [-0.05, 0) is 200 Å². The molecule has 0 bridgehead atoms. The molecule has 0 fully saturated rings. The van der Waals surface area contributed by atoms with Crippen LogP contribution in [0.3, 0.4) is 0 Å². The van der Waals surface area contributed by atoms with E-state index >= 15 is 0 Å². The van der Waals surface area contributed by atoms with Crippen molar-refractivity contribution in [3.05, 3.63) is 256 Å². The summed E-state index contributed by atoms with van der Waals surface area (Å²) >= 11 is 0. The molecule has 0 radical (unpaired) electrons. The lowest BCUT2D eigenvalue weighted by atomic mass is 9.88. The molecule has 0 amide bonds. The monoisotopic (exact) mass is 1130 g/mol. The fraction of sp³-hybridized carbons (Fsp3) is 0.171. The number of aryl methyl sites for hydroxylation is 6. The van der Waals surface area contributed by atoms with E-state index < -0.39 is 0 Å². The molecule has 6 heterocycles. The van der Waals surface area contributed by atoms with Crippen molar-refractivity contribution in [3.8, 4) is 69.9 Å². The van der Waals surface area contributed by atoms with Crippen molar-refractivity contribution in [2.24, 2.45) is 0 Å². The van der Waals surface area contributed by atoms with Crippen molar-refractivity contribution in [2.45, 2.75) is 96.9 Å². The summed E-state index contributed by atoms with van der Waals surface area (Å²) in [5.41, 5.74) is 32.3. The highest BCUT2D eigenvalue weighted by molar-refractivity contribution is 6.07. The fourth-order valence-electron chi connectivity index (χ4n) is 13.1. The first kappa shape index (κ1) is 56.4. The molecular weight excluding hydrogens is 1070 g/mol. The average Bonchev–Trinajstić information content (AvgIpc) is 0.877. The molecule has 0 atom stereocenters. The van der Waals surface area contributed by atoms with Crippen LogP contribution < -0.4 is 0 Å². The van der Waals surface area contributed by atoms with Crippen LogP contribution in [0.4, 0.5) is 0 Å². The second kappa shape index (κ2) is 22.3. The van der Waals surface area contributed by atoms with Crippen molar-refractivity contribution in [1.82, 2.24) is 29.9 Å². The van der Waals surface area contributed by atoms with Crippen LogP contribution in [0.15, 0.2) is 134 Å². The van der Waals surface area contributed by atoms with Gasteiger partial charge in [0.25, 0.3) is 0 Å². The van der Waals surface area contributed by atoms with E-state index in [1.165, 1.54) is 11.1 Å². The van der Waals surface area contributed by atoms with Gasteiger partial charge in [-0.2, -0.15) is 0 Å². The Morgan fingerprint density at radius 1 is 0.273 bits per heavy atom. The van der Waals surface area contributed by atoms with E-state index in [0.29, 0.717) is 0 Å². The SMILES string of the molecule is Cc1cc(C)c(-c2nc3c(ccc4cc(C#Cc5c(C)c(C)c(C#Cc6cnc7c(ccc8cccnc87)c6)c(C)c5C)c(-c5c(C)cc(C)cc5C)nc43)cc2C#Cc2c(C)c(C)c(C#Cc3cnc4c(ccc5cccnc54)c3)c(C)c2C)c(C)c1. The highest BCUT2D eigenvalue weighted by Crippen LogP contribution is 2.38. The molecule has 0 aliphatic rings. The molecule has 0 unspecified atom stereocenters. The van der Waals surface area contributed by atoms with Crippen molar-refractivity contribution < 1.29 is 0 Å². The molecule has 0 aliphatic carbocycles. The summed E-state index contributed by atoms with van der Waals surface area (Å²) in [6, 6.07) is 38.3. The first-order valence-corrected chi connectivity index (χ1v) is 29.9. The zero-order valence-corrected chi connectivity index (χ0v) is 52.4. The molecule has 7 aromatic carbocycles. The quantitative estimate of drug-likeness (QED) is 0.127. The van der Waals surface area contributed by atoms with E-state index in [1.807, 2.05) is 36.9 Å². The third-order valence-electron chi connectivity index (χ3n) is 18.0. The number of fused-ring (bicyclic) bond motifs is 9. The highest BCUT2D eigenvalue weighted by Gasteiger charge is 2.21. The third-order valence-corrected chi connectivity index (χ3v) is 18.0. The Kier molecular flexibility index (Phi) is 14.3. The lowest BCUT2D eigenvalue weighted by molar-refractivity contribution is 1.20. The van der Waals surface area contributed by atoms with Crippen LogP contribution in [-0.4, -0.2) is 29.9 Å². The summed E-state index contributed by atoms with van der Waals surface area (Å²) in [5, 5.41) is 6.08.